The van der Waals surface area contributed by atoms with Crippen molar-refractivity contribution in [3.8, 4) is 0 Å². The van der Waals surface area contributed by atoms with Crippen molar-refractivity contribution in [1.29, 1.82) is 0 Å². The van der Waals surface area contributed by atoms with Gasteiger partial charge in [-0.2, -0.15) is 0 Å². The van der Waals surface area contributed by atoms with Crippen molar-refractivity contribution in [3.05, 3.63) is 0 Å². The Bertz CT molecular complexity index is 916. The summed E-state index contributed by atoms with van der Waals surface area (Å²) < 4.78 is 15.2. The first-order chi connectivity index (χ1) is 17.6. The van der Waals surface area contributed by atoms with E-state index < -0.39 is 65.1 Å². The molecule has 2 aliphatic carbocycles. The predicted octanol–water partition coefficient (Wildman–Crippen LogP) is 1.04. The Morgan fingerprint density at radius 2 is 1.68 bits per heavy atom. The number of carbonyl (C=O) groups is 5. The Morgan fingerprint density at radius 1 is 1.05 bits per heavy atom. The molecule has 2 aliphatic rings. The lowest BCUT2D eigenvalue weighted by Crippen LogP contribution is -2.61. The highest BCUT2D eigenvalue weighted by atomic mass is 16.6. The van der Waals surface area contributed by atoms with E-state index in [2.05, 4.69) is 16.0 Å². The van der Waals surface area contributed by atoms with Crippen LogP contribution in [0.4, 0.5) is 4.79 Å². The van der Waals surface area contributed by atoms with Crippen LogP contribution in [0.5, 0.6) is 0 Å². The van der Waals surface area contributed by atoms with Crippen LogP contribution >= 0.6 is 0 Å². The number of aliphatic hydroxyl groups is 1. The van der Waals surface area contributed by atoms with Crippen LogP contribution in [0.2, 0.25) is 0 Å². The maximum atomic E-state index is 13.2. The molecule has 12 heteroatoms. The normalized spacial score (nSPS) is 27.4. The molecule has 0 spiro atoms. The molecular formula is C26H43N3O9. The summed E-state index contributed by atoms with van der Waals surface area (Å²) in [6, 6.07) is -2.04. The largest absolute Gasteiger partial charge is 0.469 e. The average molecular weight is 542 g/mol. The minimum absolute atomic E-state index is 0.000570. The zero-order valence-electron chi connectivity index (χ0n) is 23.6. The van der Waals surface area contributed by atoms with Crippen molar-refractivity contribution in [3.63, 3.8) is 0 Å². The molecule has 4 N–H and O–H groups in total. The molecule has 12 nitrogen and oxygen atoms in total. The average Bonchev–Trinajstić information content (AvgIpc) is 3.41. The van der Waals surface area contributed by atoms with Crippen LogP contribution in [0.3, 0.4) is 0 Å². The van der Waals surface area contributed by atoms with E-state index in [4.69, 9.17) is 14.2 Å². The predicted molar refractivity (Wildman–Crippen MR) is 135 cm³/mol. The number of nitrogens with one attached hydrogen (secondary N) is 3. The number of ether oxygens (including phenoxy) is 3. The number of fused-ring (bicyclic) bond motifs is 1. The molecule has 38 heavy (non-hydrogen) atoms. The van der Waals surface area contributed by atoms with Gasteiger partial charge in [0, 0.05) is 18.8 Å². The Balaban J connectivity index is 2.15. The molecule has 0 bridgehead atoms. The third-order valence-corrected chi connectivity index (χ3v) is 6.86. The Labute approximate surface area is 223 Å². The van der Waals surface area contributed by atoms with Gasteiger partial charge in [0.15, 0.2) is 0 Å². The summed E-state index contributed by atoms with van der Waals surface area (Å²) in [7, 11) is 1.26. The van der Waals surface area contributed by atoms with E-state index in [1.807, 2.05) is 13.8 Å². The van der Waals surface area contributed by atoms with E-state index in [1.165, 1.54) is 14.0 Å². The number of amides is 3. The van der Waals surface area contributed by atoms with Crippen molar-refractivity contribution < 1.29 is 43.3 Å². The molecule has 2 saturated carbocycles. The van der Waals surface area contributed by atoms with Crippen LogP contribution in [0.1, 0.15) is 67.7 Å². The van der Waals surface area contributed by atoms with Crippen LogP contribution in [0, 0.1) is 23.7 Å². The highest BCUT2D eigenvalue weighted by molar-refractivity contribution is 5.95. The van der Waals surface area contributed by atoms with Gasteiger partial charge in [-0.1, -0.05) is 13.8 Å². The maximum absolute atomic E-state index is 13.2. The van der Waals surface area contributed by atoms with Gasteiger partial charge in [-0.25, -0.2) is 9.59 Å². The molecule has 216 valence electrons. The molecule has 0 aromatic rings. The SMILES string of the molecule is CCOC(=O)[C@]1(NC(=O)[C@H](C)NC(=O)[C@H](CC(C)C)NC(=O)OC(C)(C)C)C[C@H](O)[C@H]2[C@H](CC(=O)OC)[C@H]21. The minimum atomic E-state index is -1.54. The molecule has 0 saturated heterocycles. The first-order valence-corrected chi connectivity index (χ1v) is 13.1. The van der Waals surface area contributed by atoms with Gasteiger partial charge in [0.1, 0.15) is 23.2 Å². The van der Waals surface area contributed by atoms with Gasteiger partial charge in [-0.05, 0) is 58.8 Å². The molecule has 3 amide bonds. The quantitative estimate of drug-likeness (QED) is 0.220. The zero-order chi connectivity index (χ0) is 29.0. The van der Waals surface area contributed by atoms with E-state index in [0.717, 1.165) is 0 Å². The second-order valence-electron chi connectivity index (χ2n) is 11.6. The molecule has 0 aliphatic heterocycles. The number of aliphatic hydroxyl groups excluding tert-OH is 1. The number of rotatable bonds is 11. The summed E-state index contributed by atoms with van der Waals surface area (Å²) >= 11 is 0. The highest BCUT2D eigenvalue weighted by Gasteiger charge is 2.73. The number of esters is 2. The standard InChI is InChI=1S/C26H43N3O9/c1-9-37-23(34)26(12-17(30)19-15(20(19)26)11-18(31)36-8)29-21(32)14(4)27-22(33)16(10-13(2)3)28-24(35)38-25(5,6)7/h13-17,19-20,30H,9-12H2,1-8H3,(H,27,33)(H,28,35)(H,29,32)/t14-,15-,16-,17-,19+,20+,26-/m0/s1. The summed E-state index contributed by atoms with van der Waals surface area (Å²) in [5.41, 5.74) is -2.29. The monoisotopic (exact) mass is 541 g/mol. The van der Waals surface area contributed by atoms with Crippen molar-refractivity contribution in [2.75, 3.05) is 13.7 Å². The third kappa shape index (κ3) is 7.58. The lowest BCUT2D eigenvalue weighted by atomic mass is 9.88. The molecule has 0 radical (unpaired) electrons. The fourth-order valence-corrected chi connectivity index (χ4v) is 5.29. The highest BCUT2D eigenvalue weighted by Crippen LogP contribution is 2.64. The summed E-state index contributed by atoms with van der Waals surface area (Å²) in [4.78, 5) is 63.5. The van der Waals surface area contributed by atoms with Gasteiger partial charge < -0.3 is 35.3 Å². The van der Waals surface area contributed by atoms with E-state index in [1.54, 1.807) is 27.7 Å². The van der Waals surface area contributed by atoms with Gasteiger partial charge in [-0.15, -0.1) is 0 Å². The van der Waals surface area contributed by atoms with Gasteiger partial charge >= 0.3 is 18.0 Å². The smallest absolute Gasteiger partial charge is 0.408 e. The number of hydrogen-bond donors (Lipinski definition) is 4. The molecule has 2 rings (SSSR count). The second kappa shape index (κ2) is 12.3. The van der Waals surface area contributed by atoms with Crippen LogP contribution in [0.15, 0.2) is 0 Å². The maximum Gasteiger partial charge on any atom is 0.408 e. The number of alkyl carbamates (subject to hydrolysis) is 1. The molecule has 0 unspecified atom stereocenters. The van der Waals surface area contributed by atoms with Crippen LogP contribution < -0.4 is 16.0 Å². The third-order valence-electron chi connectivity index (χ3n) is 6.86. The zero-order valence-corrected chi connectivity index (χ0v) is 23.6. The first-order valence-electron chi connectivity index (χ1n) is 13.1. The molecule has 0 heterocycles. The number of carbonyl (C=O) groups excluding carboxylic acids is 5. The summed E-state index contributed by atoms with van der Waals surface area (Å²) in [6.07, 6.45) is -1.44. The topological polar surface area (TPSA) is 169 Å². The lowest BCUT2D eigenvalue weighted by Gasteiger charge is -2.33. The van der Waals surface area contributed by atoms with Gasteiger partial charge in [-0.3, -0.25) is 14.4 Å². The van der Waals surface area contributed by atoms with Crippen LogP contribution in [-0.2, 0) is 33.4 Å². The van der Waals surface area contributed by atoms with Gasteiger partial charge in [0.25, 0.3) is 0 Å². The molecule has 2 fully saturated rings. The number of methoxy groups -OCH3 is 1. The van der Waals surface area contributed by atoms with E-state index in [0.29, 0.717) is 6.42 Å². The Hall–Kier alpha value is -2.89. The van der Waals surface area contributed by atoms with Crippen molar-refractivity contribution >= 4 is 29.8 Å². The van der Waals surface area contributed by atoms with Crippen molar-refractivity contribution in [2.45, 2.75) is 97.1 Å². The van der Waals surface area contributed by atoms with Gasteiger partial charge in [0.2, 0.25) is 11.8 Å². The fraction of sp³-hybridized carbons (Fsp3) is 0.808. The second-order valence-corrected chi connectivity index (χ2v) is 11.6. The van der Waals surface area contributed by atoms with Crippen LogP contribution in [-0.4, -0.2) is 78.0 Å². The van der Waals surface area contributed by atoms with Gasteiger partial charge in [0.05, 0.1) is 19.8 Å². The van der Waals surface area contributed by atoms with Crippen molar-refractivity contribution in [2.24, 2.45) is 23.7 Å². The molecule has 0 aromatic heterocycles. The Kier molecular flexibility index (Phi) is 10.2. The fourth-order valence-electron chi connectivity index (χ4n) is 5.29. The van der Waals surface area contributed by atoms with E-state index in [9.17, 15) is 29.1 Å². The summed E-state index contributed by atoms with van der Waals surface area (Å²) in [5.74, 6) is -3.60. The Morgan fingerprint density at radius 3 is 2.21 bits per heavy atom. The number of hydrogen-bond acceptors (Lipinski definition) is 9. The minimum Gasteiger partial charge on any atom is -0.469 e. The summed E-state index contributed by atoms with van der Waals surface area (Å²) in [5, 5.41) is 18.5. The lowest BCUT2D eigenvalue weighted by molar-refractivity contribution is -0.156. The molecular weight excluding hydrogens is 498 g/mol. The van der Waals surface area contributed by atoms with E-state index in [-0.39, 0.29) is 37.2 Å². The van der Waals surface area contributed by atoms with Crippen LogP contribution in [0.25, 0.3) is 0 Å². The van der Waals surface area contributed by atoms with E-state index >= 15 is 0 Å². The summed E-state index contributed by atoms with van der Waals surface area (Å²) in [6.45, 7) is 12.0. The first kappa shape index (κ1) is 31.3. The van der Waals surface area contributed by atoms with Crippen molar-refractivity contribution in [1.82, 2.24) is 16.0 Å². The molecule has 0 aromatic carbocycles. The molecule has 7 atom stereocenters.